The Morgan fingerprint density at radius 1 is 0.913 bits per heavy atom. The zero-order chi connectivity index (χ0) is 16.9. The van der Waals surface area contributed by atoms with Crippen LogP contribution in [0.25, 0.3) is 0 Å². The van der Waals surface area contributed by atoms with E-state index in [0.717, 1.165) is 13.0 Å². The quantitative estimate of drug-likeness (QED) is 0.359. The lowest BCUT2D eigenvalue weighted by molar-refractivity contribution is 0.293. The number of benzene rings is 2. The van der Waals surface area contributed by atoms with Gasteiger partial charge in [-0.15, -0.1) is 0 Å². The van der Waals surface area contributed by atoms with Crippen molar-refractivity contribution in [1.82, 2.24) is 0 Å². The Morgan fingerprint density at radius 3 is 1.70 bits per heavy atom. The van der Waals surface area contributed by atoms with Crippen LogP contribution in [0.1, 0.15) is 34.1 Å². The van der Waals surface area contributed by atoms with E-state index in [2.05, 4.69) is 111 Å². The van der Waals surface area contributed by atoms with Crippen LogP contribution >= 0.6 is 22.6 Å². The van der Waals surface area contributed by atoms with Crippen LogP contribution in [0.4, 0.5) is 0 Å². The van der Waals surface area contributed by atoms with Crippen molar-refractivity contribution in [3.63, 3.8) is 0 Å². The topological polar surface area (TPSA) is 9.23 Å². The number of rotatable bonds is 6. The molecule has 0 radical (unpaired) electrons. The van der Waals surface area contributed by atoms with E-state index in [4.69, 9.17) is 4.43 Å². The summed E-state index contributed by atoms with van der Waals surface area (Å²) < 4.78 is 7.44. The lowest BCUT2D eigenvalue weighted by Crippen LogP contribution is -2.66. The molecule has 3 heteroatoms. The predicted octanol–water partition coefficient (Wildman–Crippen LogP) is 4.78. The van der Waals surface area contributed by atoms with Gasteiger partial charge >= 0.3 is 0 Å². The van der Waals surface area contributed by atoms with Gasteiger partial charge < -0.3 is 4.43 Å². The minimum atomic E-state index is -2.32. The molecule has 0 aliphatic heterocycles. The molecule has 0 N–H and O–H groups in total. The summed E-state index contributed by atoms with van der Waals surface area (Å²) in [6, 6.07) is 21.7. The van der Waals surface area contributed by atoms with E-state index in [-0.39, 0.29) is 5.04 Å². The Labute approximate surface area is 155 Å². The van der Waals surface area contributed by atoms with Gasteiger partial charge in [0.05, 0.1) is 0 Å². The first-order chi connectivity index (χ1) is 10.9. The molecule has 2 rings (SSSR count). The number of hydrogen-bond donors (Lipinski definition) is 0. The van der Waals surface area contributed by atoms with Crippen molar-refractivity contribution in [1.29, 1.82) is 0 Å². The molecule has 0 fully saturated rings. The molecule has 23 heavy (non-hydrogen) atoms. The molecular formula is C20H27IOSi. The largest absolute Gasteiger partial charge is 0.407 e. The fraction of sp³-hybridized carbons (Fsp3) is 0.400. The van der Waals surface area contributed by atoms with E-state index in [1.165, 1.54) is 10.4 Å². The second-order valence-electron chi connectivity index (χ2n) is 7.08. The number of alkyl halides is 1. The van der Waals surface area contributed by atoms with E-state index in [1.54, 1.807) is 0 Å². The third kappa shape index (κ3) is 4.25. The van der Waals surface area contributed by atoms with E-state index in [0.29, 0.717) is 3.92 Å². The summed E-state index contributed by atoms with van der Waals surface area (Å²) in [6.45, 7) is 10.0. The first kappa shape index (κ1) is 18.7. The number of halogens is 1. The molecule has 0 spiro atoms. The standard InChI is InChI=1S/C20H27IOSi/c1-17(21)15-16-22-23(20(2,3)4,18-11-7-5-8-12-18)19-13-9-6-10-14-19/h5-14,17H,15-16H2,1-4H3. The Hall–Kier alpha value is -0.653. The average Bonchev–Trinajstić information content (AvgIpc) is 2.52. The Balaban J connectivity index is 2.55. The molecule has 1 atom stereocenters. The van der Waals surface area contributed by atoms with Gasteiger partial charge in [-0.2, -0.15) is 0 Å². The molecule has 1 unspecified atom stereocenters. The first-order valence-electron chi connectivity index (χ1n) is 8.27. The summed E-state index contributed by atoms with van der Waals surface area (Å²) in [5.41, 5.74) is 0. The van der Waals surface area contributed by atoms with Crippen molar-refractivity contribution >= 4 is 41.3 Å². The number of hydrogen-bond acceptors (Lipinski definition) is 1. The zero-order valence-corrected chi connectivity index (χ0v) is 17.7. The van der Waals surface area contributed by atoms with Gasteiger partial charge in [0.15, 0.2) is 0 Å². The SMILES string of the molecule is CC(I)CCO[Si](c1ccccc1)(c1ccccc1)C(C)(C)C. The second kappa shape index (κ2) is 7.95. The summed E-state index contributed by atoms with van der Waals surface area (Å²) >= 11 is 2.48. The van der Waals surface area contributed by atoms with E-state index in [1.807, 2.05) is 0 Å². The smallest absolute Gasteiger partial charge is 0.261 e. The summed E-state index contributed by atoms with van der Waals surface area (Å²) in [4.78, 5) is 0. The van der Waals surface area contributed by atoms with Gasteiger partial charge in [0, 0.05) is 10.5 Å². The molecule has 0 aliphatic rings. The molecule has 2 aromatic rings. The highest BCUT2D eigenvalue weighted by atomic mass is 127. The normalized spacial score (nSPS) is 13.8. The van der Waals surface area contributed by atoms with E-state index in [9.17, 15) is 0 Å². The Kier molecular flexibility index (Phi) is 6.46. The van der Waals surface area contributed by atoms with E-state index < -0.39 is 8.32 Å². The molecule has 0 aromatic heterocycles. The van der Waals surface area contributed by atoms with E-state index >= 15 is 0 Å². The fourth-order valence-electron chi connectivity index (χ4n) is 3.14. The summed E-state index contributed by atoms with van der Waals surface area (Å²) in [6.07, 6.45) is 1.09. The van der Waals surface area contributed by atoms with Gasteiger partial charge in [-0.05, 0) is 21.8 Å². The molecule has 0 bridgehead atoms. The van der Waals surface area contributed by atoms with Gasteiger partial charge in [-0.3, -0.25) is 0 Å². The van der Waals surface area contributed by atoms with Crippen LogP contribution in [0.2, 0.25) is 5.04 Å². The Morgan fingerprint density at radius 2 is 1.35 bits per heavy atom. The molecule has 124 valence electrons. The van der Waals surface area contributed by atoms with Gasteiger partial charge in [0.1, 0.15) is 0 Å². The van der Waals surface area contributed by atoms with Crippen LogP contribution in [0.15, 0.2) is 60.7 Å². The highest BCUT2D eigenvalue weighted by Crippen LogP contribution is 2.36. The van der Waals surface area contributed by atoms with Gasteiger partial charge in [0.2, 0.25) is 0 Å². The lowest BCUT2D eigenvalue weighted by Gasteiger charge is -2.43. The van der Waals surface area contributed by atoms with Gasteiger partial charge in [-0.1, -0.05) is 111 Å². The maximum absolute atomic E-state index is 6.81. The highest BCUT2D eigenvalue weighted by molar-refractivity contribution is 14.1. The zero-order valence-electron chi connectivity index (χ0n) is 14.6. The average molecular weight is 438 g/mol. The maximum Gasteiger partial charge on any atom is 0.261 e. The molecular weight excluding hydrogens is 411 g/mol. The molecule has 1 nitrogen and oxygen atoms in total. The molecule has 0 aliphatic carbocycles. The monoisotopic (exact) mass is 438 g/mol. The van der Waals surface area contributed by atoms with Gasteiger partial charge in [-0.25, -0.2) is 0 Å². The third-order valence-electron chi connectivity index (χ3n) is 4.25. The Bertz CT molecular complexity index is 551. The van der Waals surface area contributed by atoms with Crippen LogP contribution in [0.5, 0.6) is 0 Å². The third-order valence-corrected chi connectivity index (χ3v) is 9.92. The minimum Gasteiger partial charge on any atom is -0.407 e. The van der Waals surface area contributed by atoms with Crippen molar-refractivity contribution in [2.24, 2.45) is 0 Å². The molecule has 0 saturated carbocycles. The highest BCUT2D eigenvalue weighted by Gasteiger charge is 2.49. The predicted molar refractivity (Wildman–Crippen MR) is 112 cm³/mol. The van der Waals surface area contributed by atoms with Gasteiger partial charge in [0.25, 0.3) is 8.32 Å². The summed E-state index contributed by atoms with van der Waals surface area (Å²) in [5, 5.41) is 2.80. The van der Waals surface area contributed by atoms with Crippen molar-refractivity contribution in [2.45, 2.75) is 43.1 Å². The van der Waals surface area contributed by atoms with Crippen LogP contribution in [0, 0.1) is 0 Å². The van der Waals surface area contributed by atoms with Crippen molar-refractivity contribution < 1.29 is 4.43 Å². The first-order valence-corrected chi connectivity index (χ1v) is 11.4. The lowest BCUT2D eigenvalue weighted by atomic mass is 10.2. The molecule has 0 saturated heterocycles. The molecule has 2 aromatic carbocycles. The van der Waals surface area contributed by atoms with Crippen molar-refractivity contribution in [2.75, 3.05) is 6.61 Å². The van der Waals surface area contributed by atoms with Crippen LogP contribution in [0.3, 0.4) is 0 Å². The van der Waals surface area contributed by atoms with Crippen LogP contribution in [-0.2, 0) is 4.43 Å². The molecule has 0 amide bonds. The van der Waals surface area contributed by atoms with Crippen LogP contribution in [-0.4, -0.2) is 18.8 Å². The minimum absolute atomic E-state index is 0.0736. The fourth-order valence-corrected chi connectivity index (χ4v) is 7.97. The second-order valence-corrected chi connectivity index (χ2v) is 13.5. The molecule has 0 heterocycles. The summed E-state index contributed by atoms with van der Waals surface area (Å²) in [7, 11) is -2.32. The summed E-state index contributed by atoms with van der Waals surface area (Å²) in [5.74, 6) is 0. The van der Waals surface area contributed by atoms with Crippen molar-refractivity contribution in [3.05, 3.63) is 60.7 Å². The van der Waals surface area contributed by atoms with Crippen molar-refractivity contribution in [3.8, 4) is 0 Å². The maximum atomic E-state index is 6.81. The van der Waals surface area contributed by atoms with Crippen LogP contribution < -0.4 is 10.4 Å².